The number of nitrogens with one attached hydrogen (secondary N) is 1. The second-order valence-corrected chi connectivity index (χ2v) is 12.0. The quantitative estimate of drug-likeness (QED) is 0.366. The van der Waals surface area contributed by atoms with Gasteiger partial charge in [0.05, 0.1) is 11.3 Å². The van der Waals surface area contributed by atoms with Gasteiger partial charge in [0.2, 0.25) is 10.0 Å². The number of hydrogen-bond donors (Lipinski definition) is 1. The van der Waals surface area contributed by atoms with Gasteiger partial charge in [-0.2, -0.15) is 13.2 Å². The summed E-state index contributed by atoms with van der Waals surface area (Å²) in [6.07, 6.45) is -0.440. The maximum absolute atomic E-state index is 14.8. The predicted molar refractivity (Wildman–Crippen MR) is 128 cm³/mol. The number of fused-ring (bicyclic) bond motifs is 1. The highest BCUT2D eigenvalue weighted by Gasteiger charge is 2.39. The Balaban J connectivity index is 1.32. The zero-order valence-corrected chi connectivity index (χ0v) is 20.7. The Hall–Kier alpha value is -2.17. The Labute approximate surface area is 208 Å². The average Bonchev–Trinajstić information content (AvgIpc) is 3.51. The van der Waals surface area contributed by atoms with Crippen LogP contribution < -0.4 is 9.46 Å². The first kappa shape index (κ1) is 25.5. The summed E-state index contributed by atoms with van der Waals surface area (Å²) in [5, 5.41) is 0. The number of rotatable bonds is 10. The lowest BCUT2D eigenvalue weighted by atomic mass is 9.88. The number of benzene rings is 2. The molecule has 0 aromatic heterocycles. The molecule has 0 amide bonds. The smallest absolute Gasteiger partial charge is 0.416 e. The summed E-state index contributed by atoms with van der Waals surface area (Å²) >= 11 is 0. The van der Waals surface area contributed by atoms with Crippen LogP contribution in [-0.4, -0.2) is 51.4 Å². The van der Waals surface area contributed by atoms with Crippen LogP contribution in [0.1, 0.15) is 47.4 Å². The van der Waals surface area contributed by atoms with Crippen molar-refractivity contribution in [3.8, 4) is 5.75 Å². The van der Waals surface area contributed by atoms with E-state index in [1.807, 2.05) is 0 Å². The standard InChI is InChI=1S/C26H30F4N2O3S/c27-23-13-19-14-24(32-8-2-9-32)22(12-18-3-1-4-20(11-18)26(28,29)30)21(19)15-25(23)35-10-7-31-36(33,34)16-17-5-6-17/h1,3-4,11,13,15,17,22,24,31H,2,5-10,12,14,16H2. The molecule has 2 aliphatic carbocycles. The molecular weight excluding hydrogens is 496 g/mol. The van der Waals surface area contributed by atoms with Crippen LogP contribution in [0.2, 0.25) is 0 Å². The van der Waals surface area contributed by atoms with E-state index in [0.717, 1.165) is 49.5 Å². The summed E-state index contributed by atoms with van der Waals surface area (Å²) in [5.74, 6) is -0.241. The summed E-state index contributed by atoms with van der Waals surface area (Å²) in [7, 11) is -3.37. The summed E-state index contributed by atoms with van der Waals surface area (Å²) in [6, 6.07) is 8.60. The van der Waals surface area contributed by atoms with Gasteiger partial charge in [0, 0.05) is 18.5 Å². The zero-order chi connectivity index (χ0) is 25.5. The third-order valence-corrected chi connectivity index (χ3v) is 8.94. The lowest BCUT2D eigenvalue weighted by Crippen LogP contribution is -2.47. The molecule has 5 rings (SSSR count). The highest BCUT2D eigenvalue weighted by molar-refractivity contribution is 7.89. The molecule has 1 saturated heterocycles. The molecule has 0 bridgehead atoms. The van der Waals surface area contributed by atoms with E-state index < -0.39 is 27.6 Å². The van der Waals surface area contributed by atoms with Gasteiger partial charge in [0.15, 0.2) is 11.6 Å². The fourth-order valence-electron chi connectivity index (χ4n) is 5.26. The number of alkyl halides is 3. The van der Waals surface area contributed by atoms with Gasteiger partial charge in [-0.1, -0.05) is 18.2 Å². The Morgan fingerprint density at radius 1 is 1.11 bits per heavy atom. The van der Waals surface area contributed by atoms with Crippen molar-refractivity contribution >= 4 is 10.0 Å². The number of halogens is 4. The molecule has 1 aliphatic heterocycles. The van der Waals surface area contributed by atoms with Crippen molar-refractivity contribution in [3.05, 3.63) is 64.5 Å². The SMILES string of the molecule is O=S(=O)(CC1CC1)NCCOc1cc2c(cc1F)CC(N1CCC1)C2Cc1cccc(C(F)(F)F)c1. The number of ether oxygens (including phenoxy) is 1. The van der Waals surface area contributed by atoms with Gasteiger partial charge in [-0.25, -0.2) is 17.5 Å². The summed E-state index contributed by atoms with van der Waals surface area (Å²) in [5.41, 5.74) is 1.64. The van der Waals surface area contributed by atoms with Gasteiger partial charge in [-0.3, -0.25) is 4.90 Å². The zero-order valence-electron chi connectivity index (χ0n) is 19.9. The van der Waals surface area contributed by atoms with Crippen molar-refractivity contribution in [1.82, 2.24) is 9.62 Å². The van der Waals surface area contributed by atoms with E-state index in [1.165, 1.54) is 18.2 Å². The maximum Gasteiger partial charge on any atom is 0.416 e. The monoisotopic (exact) mass is 526 g/mol. The number of nitrogens with zero attached hydrogens (tertiary/aromatic N) is 1. The van der Waals surface area contributed by atoms with E-state index in [4.69, 9.17) is 4.74 Å². The van der Waals surface area contributed by atoms with Crippen molar-refractivity contribution in [3.63, 3.8) is 0 Å². The molecule has 3 aliphatic rings. The topological polar surface area (TPSA) is 58.6 Å². The molecule has 2 atom stereocenters. The van der Waals surface area contributed by atoms with Gasteiger partial charge in [-0.05, 0) is 86.0 Å². The van der Waals surface area contributed by atoms with Crippen molar-refractivity contribution in [1.29, 1.82) is 0 Å². The van der Waals surface area contributed by atoms with Crippen LogP contribution in [0.4, 0.5) is 17.6 Å². The second-order valence-electron chi connectivity index (χ2n) is 10.1. The molecule has 10 heteroatoms. The lowest BCUT2D eigenvalue weighted by molar-refractivity contribution is -0.137. The maximum atomic E-state index is 14.8. The number of sulfonamides is 1. The molecule has 5 nitrogen and oxygen atoms in total. The van der Waals surface area contributed by atoms with Crippen LogP contribution in [0.3, 0.4) is 0 Å². The van der Waals surface area contributed by atoms with Crippen LogP contribution in [-0.2, 0) is 29.0 Å². The van der Waals surface area contributed by atoms with Gasteiger partial charge < -0.3 is 4.74 Å². The Bertz CT molecular complexity index is 1210. The average molecular weight is 527 g/mol. The van der Waals surface area contributed by atoms with Gasteiger partial charge in [0.25, 0.3) is 0 Å². The van der Waals surface area contributed by atoms with Crippen molar-refractivity contribution in [2.45, 2.75) is 50.2 Å². The molecule has 2 aromatic carbocycles. The van der Waals surface area contributed by atoms with Crippen LogP contribution >= 0.6 is 0 Å². The first-order valence-electron chi connectivity index (χ1n) is 12.4. The molecule has 0 radical (unpaired) electrons. The molecule has 1 saturated carbocycles. The molecule has 196 valence electrons. The molecule has 2 fully saturated rings. The number of hydrogen-bond acceptors (Lipinski definition) is 4. The Morgan fingerprint density at radius 2 is 1.89 bits per heavy atom. The first-order chi connectivity index (χ1) is 17.1. The highest BCUT2D eigenvalue weighted by atomic mass is 32.2. The van der Waals surface area contributed by atoms with E-state index in [1.54, 1.807) is 12.1 Å². The fourth-order valence-corrected chi connectivity index (χ4v) is 6.73. The van der Waals surface area contributed by atoms with Crippen molar-refractivity contribution in [2.75, 3.05) is 32.0 Å². The van der Waals surface area contributed by atoms with E-state index in [2.05, 4.69) is 9.62 Å². The third kappa shape index (κ3) is 5.86. The minimum absolute atomic E-state index is 0.0204. The fraction of sp³-hybridized carbons (Fsp3) is 0.538. The summed E-state index contributed by atoms with van der Waals surface area (Å²) in [6.45, 7) is 1.86. The molecule has 2 aromatic rings. The van der Waals surface area contributed by atoms with E-state index in [9.17, 15) is 26.0 Å². The molecule has 2 unspecified atom stereocenters. The first-order valence-corrected chi connectivity index (χ1v) is 14.1. The van der Waals surface area contributed by atoms with E-state index >= 15 is 0 Å². The summed E-state index contributed by atoms with van der Waals surface area (Å²) in [4.78, 5) is 2.31. The summed E-state index contributed by atoms with van der Waals surface area (Å²) < 4.78 is 86.8. The van der Waals surface area contributed by atoms with Gasteiger partial charge in [-0.15, -0.1) is 0 Å². The Kier molecular flexibility index (Phi) is 7.04. The second kappa shape index (κ2) is 9.95. The number of likely N-dealkylation sites (tertiary alicyclic amines) is 1. The van der Waals surface area contributed by atoms with Crippen molar-refractivity contribution in [2.24, 2.45) is 5.92 Å². The largest absolute Gasteiger partial charge is 0.489 e. The van der Waals surface area contributed by atoms with E-state index in [-0.39, 0.29) is 42.5 Å². The third-order valence-electron chi connectivity index (χ3n) is 7.39. The van der Waals surface area contributed by atoms with Gasteiger partial charge in [0.1, 0.15) is 6.61 Å². The van der Waals surface area contributed by atoms with Gasteiger partial charge >= 0.3 is 6.18 Å². The minimum Gasteiger partial charge on any atom is -0.489 e. The highest BCUT2D eigenvalue weighted by Crippen LogP contribution is 2.43. The molecule has 1 heterocycles. The van der Waals surface area contributed by atoms with Crippen molar-refractivity contribution < 1.29 is 30.7 Å². The van der Waals surface area contributed by atoms with Crippen LogP contribution in [0.25, 0.3) is 0 Å². The Morgan fingerprint density at radius 3 is 2.56 bits per heavy atom. The van der Waals surface area contributed by atoms with Crippen LogP contribution in [0.15, 0.2) is 36.4 Å². The lowest BCUT2D eigenvalue weighted by Gasteiger charge is -2.39. The normalized spacial score (nSPS) is 22.3. The molecule has 1 N–H and O–H groups in total. The molecule has 36 heavy (non-hydrogen) atoms. The van der Waals surface area contributed by atoms with Crippen LogP contribution in [0.5, 0.6) is 5.75 Å². The minimum atomic E-state index is -4.41. The molecule has 0 spiro atoms. The van der Waals surface area contributed by atoms with Crippen LogP contribution in [0, 0.1) is 11.7 Å². The molecular formula is C26H30F4N2O3S. The van der Waals surface area contributed by atoms with E-state index in [0.29, 0.717) is 18.4 Å². The predicted octanol–water partition coefficient (Wildman–Crippen LogP) is 4.51.